The van der Waals surface area contributed by atoms with Gasteiger partial charge in [0.15, 0.2) is 0 Å². The van der Waals surface area contributed by atoms with Crippen LogP contribution in [0.25, 0.3) is 10.8 Å². The number of nitrogen functional groups attached to an aromatic ring is 1. The number of likely N-dealkylation sites (N-methyl/N-ethyl adjacent to an activating group) is 1. The van der Waals surface area contributed by atoms with E-state index in [0.29, 0.717) is 31.6 Å². The molecule has 0 aliphatic carbocycles. The molecule has 3 aromatic rings. The minimum Gasteiger partial charge on any atom is -0.508 e. The molecule has 0 spiro atoms. The molecular weight excluding hydrogens is 394 g/mol. The number of aromatic nitrogens is 2. The van der Waals surface area contributed by atoms with Crippen molar-refractivity contribution in [2.75, 3.05) is 57.6 Å². The van der Waals surface area contributed by atoms with Crippen molar-refractivity contribution in [1.82, 2.24) is 14.9 Å². The van der Waals surface area contributed by atoms with Gasteiger partial charge in [0.2, 0.25) is 0 Å². The van der Waals surface area contributed by atoms with Crippen LogP contribution in [0.15, 0.2) is 36.4 Å². The number of hydrogen-bond donors (Lipinski definition) is 2. The Labute approximate surface area is 182 Å². The zero-order valence-corrected chi connectivity index (χ0v) is 18.0. The van der Waals surface area contributed by atoms with E-state index in [9.17, 15) is 5.11 Å². The predicted molar refractivity (Wildman–Crippen MR) is 122 cm³/mol. The molecule has 0 unspecified atom stereocenters. The molecule has 164 valence electrons. The van der Waals surface area contributed by atoms with Crippen LogP contribution in [0.2, 0.25) is 0 Å². The zero-order chi connectivity index (χ0) is 21.8. The average molecular weight is 424 g/mol. The van der Waals surface area contributed by atoms with Crippen molar-refractivity contribution < 1.29 is 14.6 Å². The second-order valence-electron chi connectivity index (χ2n) is 7.82. The fourth-order valence-electron chi connectivity index (χ4n) is 3.89. The summed E-state index contributed by atoms with van der Waals surface area (Å²) in [7, 11) is 3.71. The molecule has 8 nitrogen and oxygen atoms in total. The first-order valence-corrected chi connectivity index (χ1v) is 10.5. The molecule has 1 aliphatic rings. The molecule has 31 heavy (non-hydrogen) atoms. The standard InChI is InChI=1S/C23H29N5O3/c1-27(9-11-30-2)10-12-31-23-25-20-15-28(8-7-19(20)22(24)26-23)21-14-17(29)13-16-5-3-4-6-18(16)21/h3-6,13-14,29H,7-12,15H2,1-2H3,(H2,24,25,26). The number of phenols is 1. The van der Waals surface area contributed by atoms with E-state index in [1.807, 2.05) is 31.3 Å². The third-order valence-electron chi connectivity index (χ3n) is 5.62. The Bertz CT molecular complexity index is 1060. The van der Waals surface area contributed by atoms with Gasteiger partial charge in [-0.1, -0.05) is 24.3 Å². The topological polar surface area (TPSA) is 97.0 Å². The number of phenolic OH excluding ortho intramolecular Hbond substituents is 1. The molecule has 0 atom stereocenters. The van der Waals surface area contributed by atoms with Crippen LogP contribution >= 0.6 is 0 Å². The third-order valence-corrected chi connectivity index (χ3v) is 5.62. The Morgan fingerprint density at radius 1 is 1.16 bits per heavy atom. The number of nitrogens with two attached hydrogens (primary N) is 1. The van der Waals surface area contributed by atoms with Crippen molar-refractivity contribution in [3.8, 4) is 11.8 Å². The quantitative estimate of drug-likeness (QED) is 0.570. The normalized spacial score (nSPS) is 13.6. The fraction of sp³-hybridized carbons (Fsp3) is 0.391. The molecule has 2 aromatic carbocycles. The SMILES string of the molecule is COCCN(C)CCOc1nc(N)c2c(n1)CN(c1cc(O)cc3ccccc13)CC2. The van der Waals surface area contributed by atoms with E-state index in [4.69, 9.17) is 15.2 Å². The number of nitrogens with zero attached hydrogens (tertiary/aromatic N) is 4. The lowest BCUT2D eigenvalue weighted by molar-refractivity contribution is 0.148. The van der Waals surface area contributed by atoms with E-state index in [2.05, 4.69) is 25.8 Å². The Morgan fingerprint density at radius 2 is 1.97 bits per heavy atom. The van der Waals surface area contributed by atoms with Crippen LogP contribution in [0.1, 0.15) is 11.3 Å². The molecule has 0 radical (unpaired) electrons. The first-order chi connectivity index (χ1) is 15.0. The van der Waals surface area contributed by atoms with Crippen LogP contribution in [0.5, 0.6) is 11.8 Å². The predicted octanol–water partition coefficient (Wildman–Crippen LogP) is 2.44. The van der Waals surface area contributed by atoms with Gasteiger partial charge in [0.05, 0.1) is 18.8 Å². The van der Waals surface area contributed by atoms with Gasteiger partial charge in [0, 0.05) is 49.4 Å². The number of aromatic hydroxyl groups is 1. The van der Waals surface area contributed by atoms with E-state index < -0.39 is 0 Å². The molecule has 0 saturated heterocycles. The van der Waals surface area contributed by atoms with Gasteiger partial charge >= 0.3 is 6.01 Å². The monoisotopic (exact) mass is 423 g/mol. The van der Waals surface area contributed by atoms with Crippen molar-refractivity contribution in [2.45, 2.75) is 13.0 Å². The summed E-state index contributed by atoms with van der Waals surface area (Å²) in [4.78, 5) is 13.3. The Balaban J connectivity index is 1.51. The number of hydrogen-bond acceptors (Lipinski definition) is 8. The summed E-state index contributed by atoms with van der Waals surface area (Å²) in [6.45, 7) is 4.08. The number of anilines is 2. The van der Waals surface area contributed by atoms with Gasteiger partial charge in [-0.2, -0.15) is 9.97 Å². The lowest BCUT2D eigenvalue weighted by Gasteiger charge is -2.31. The number of benzene rings is 2. The van der Waals surface area contributed by atoms with Gasteiger partial charge in [-0.3, -0.25) is 0 Å². The van der Waals surface area contributed by atoms with Crippen LogP contribution in [0.4, 0.5) is 11.5 Å². The molecule has 3 N–H and O–H groups in total. The second kappa shape index (κ2) is 9.36. The third kappa shape index (κ3) is 4.81. The molecule has 8 heteroatoms. The maximum absolute atomic E-state index is 10.2. The van der Waals surface area contributed by atoms with Gasteiger partial charge < -0.3 is 30.1 Å². The van der Waals surface area contributed by atoms with Gasteiger partial charge in [0.1, 0.15) is 18.2 Å². The van der Waals surface area contributed by atoms with Crippen LogP contribution < -0.4 is 15.4 Å². The summed E-state index contributed by atoms with van der Waals surface area (Å²) in [6.07, 6.45) is 0.741. The van der Waals surface area contributed by atoms with Gasteiger partial charge in [-0.15, -0.1) is 0 Å². The average Bonchev–Trinajstić information content (AvgIpc) is 2.76. The maximum Gasteiger partial charge on any atom is 0.318 e. The highest BCUT2D eigenvalue weighted by atomic mass is 16.5. The first kappa shape index (κ1) is 21.1. The van der Waals surface area contributed by atoms with Crippen LogP contribution in [-0.2, 0) is 17.7 Å². The van der Waals surface area contributed by atoms with Crippen molar-refractivity contribution >= 4 is 22.3 Å². The lowest BCUT2D eigenvalue weighted by atomic mass is 10.0. The van der Waals surface area contributed by atoms with Crippen LogP contribution in [0.3, 0.4) is 0 Å². The fourth-order valence-corrected chi connectivity index (χ4v) is 3.89. The Kier molecular flexibility index (Phi) is 6.39. The highest BCUT2D eigenvalue weighted by Crippen LogP contribution is 2.35. The minimum absolute atomic E-state index is 0.253. The molecule has 0 saturated carbocycles. The molecule has 0 fully saturated rings. The van der Waals surface area contributed by atoms with E-state index in [1.54, 1.807) is 13.2 Å². The summed E-state index contributed by atoms with van der Waals surface area (Å²) in [5, 5.41) is 12.3. The molecule has 1 aliphatic heterocycles. The summed E-state index contributed by atoms with van der Waals surface area (Å²) >= 11 is 0. The number of methoxy groups -OCH3 is 1. The second-order valence-corrected chi connectivity index (χ2v) is 7.82. The van der Waals surface area contributed by atoms with Gasteiger partial charge in [0.25, 0.3) is 0 Å². The molecule has 2 heterocycles. The summed E-state index contributed by atoms with van der Waals surface area (Å²) < 4.78 is 10.9. The molecule has 0 amide bonds. The van der Waals surface area contributed by atoms with Gasteiger partial charge in [-0.05, 0) is 24.9 Å². The number of fused-ring (bicyclic) bond motifs is 2. The van der Waals surface area contributed by atoms with Gasteiger partial charge in [-0.25, -0.2) is 0 Å². The number of ether oxygens (including phenoxy) is 2. The molecule has 1 aromatic heterocycles. The highest BCUT2D eigenvalue weighted by molar-refractivity contribution is 5.95. The van der Waals surface area contributed by atoms with E-state index in [1.165, 1.54) is 0 Å². The van der Waals surface area contributed by atoms with Crippen molar-refractivity contribution in [2.24, 2.45) is 0 Å². The molecule has 4 rings (SSSR count). The minimum atomic E-state index is 0.253. The molecular formula is C23H29N5O3. The van der Waals surface area contributed by atoms with E-state index in [0.717, 1.165) is 53.8 Å². The maximum atomic E-state index is 10.2. The largest absolute Gasteiger partial charge is 0.508 e. The smallest absolute Gasteiger partial charge is 0.318 e. The first-order valence-electron chi connectivity index (χ1n) is 10.5. The van der Waals surface area contributed by atoms with Crippen molar-refractivity contribution in [3.63, 3.8) is 0 Å². The number of rotatable bonds is 8. The zero-order valence-electron chi connectivity index (χ0n) is 18.0. The van der Waals surface area contributed by atoms with Crippen LogP contribution in [0, 0.1) is 0 Å². The summed E-state index contributed by atoms with van der Waals surface area (Å²) in [5.74, 6) is 0.733. The summed E-state index contributed by atoms with van der Waals surface area (Å²) in [6, 6.07) is 12.0. The van der Waals surface area contributed by atoms with E-state index in [-0.39, 0.29) is 5.75 Å². The highest BCUT2D eigenvalue weighted by Gasteiger charge is 2.23. The Hall–Kier alpha value is -3.10. The lowest BCUT2D eigenvalue weighted by Crippen LogP contribution is -2.32. The van der Waals surface area contributed by atoms with E-state index >= 15 is 0 Å². The van der Waals surface area contributed by atoms with Crippen LogP contribution in [-0.4, -0.2) is 67.0 Å². The molecule has 0 bridgehead atoms. The van der Waals surface area contributed by atoms with Crippen molar-refractivity contribution in [3.05, 3.63) is 47.7 Å². The van der Waals surface area contributed by atoms with Crippen molar-refractivity contribution in [1.29, 1.82) is 0 Å². The summed E-state index contributed by atoms with van der Waals surface area (Å²) in [5.41, 5.74) is 9.05. The Morgan fingerprint density at radius 3 is 2.81 bits per heavy atom.